The van der Waals surface area contributed by atoms with Crippen LogP contribution in [0.5, 0.6) is 0 Å². The van der Waals surface area contributed by atoms with Crippen molar-refractivity contribution in [2.24, 2.45) is 0 Å². The highest BCUT2D eigenvalue weighted by Crippen LogP contribution is 2.38. The number of aromatic nitrogens is 2. The molecule has 0 radical (unpaired) electrons. The lowest BCUT2D eigenvalue weighted by atomic mass is 9.96. The summed E-state index contributed by atoms with van der Waals surface area (Å²) in [7, 11) is 0. The first-order valence-electron chi connectivity index (χ1n) is 11.6. The molecule has 5 rings (SSSR count). The Bertz CT molecular complexity index is 1160. The maximum Gasteiger partial charge on any atom is 0.321 e. The molecular formula is C25H27F2N5O. The average molecular weight is 452 g/mol. The number of halogens is 2. The summed E-state index contributed by atoms with van der Waals surface area (Å²) in [4.78, 5) is 23.3. The number of nitrogens with zero attached hydrogens (tertiary/aromatic N) is 3. The van der Waals surface area contributed by atoms with E-state index in [0.717, 1.165) is 62.2 Å². The van der Waals surface area contributed by atoms with E-state index in [4.69, 9.17) is 0 Å². The fraction of sp³-hybridized carbons (Fsp3) is 0.400. The number of carbonyl (C=O) groups is 1. The number of urea groups is 1. The van der Waals surface area contributed by atoms with Gasteiger partial charge in [-0.1, -0.05) is 19.3 Å². The molecule has 33 heavy (non-hydrogen) atoms. The van der Waals surface area contributed by atoms with Gasteiger partial charge >= 0.3 is 6.03 Å². The van der Waals surface area contributed by atoms with E-state index in [1.54, 1.807) is 6.20 Å². The second-order valence-electron chi connectivity index (χ2n) is 8.89. The van der Waals surface area contributed by atoms with Gasteiger partial charge in [0, 0.05) is 35.4 Å². The molecule has 1 saturated heterocycles. The number of carbonyl (C=O) groups excluding carboxylic acids is 1. The maximum atomic E-state index is 14.4. The molecular weight excluding hydrogens is 424 g/mol. The number of nitrogens with one attached hydrogen (secondary N) is 2. The quantitative estimate of drug-likeness (QED) is 0.534. The van der Waals surface area contributed by atoms with Gasteiger partial charge in [0.15, 0.2) is 0 Å². The first-order chi connectivity index (χ1) is 16.1. The Morgan fingerprint density at radius 1 is 1.00 bits per heavy atom. The van der Waals surface area contributed by atoms with Crippen molar-refractivity contribution in [3.8, 4) is 0 Å². The third-order valence-corrected chi connectivity index (χ3v) is 6.63. The summed E-state index contributed by atoms with van der Waals surface area (Å²) < 4.78 is 28.2. The van der Waals surface area contributed by atoms with Crippen molar-refractivity contribution in [3.05, 3.63) is 59.8 Å². The molecule has 8 heteroatoms. The zero-order valence-corrected chi connectivity index (χ0v) is 18.4. The molecule has 0 spiro atoms. The van der Waals surface area contributed by atoms with E-state index in [-0.39, 0.29) is 24.1 Å². The van der Waals surface area contributed by atoms with Gasteiger partial charge in [-0.05, 0) is 62.1 Å². The minimum absolute atomic E-state index is 0.195. The lowest BCUT2D eigenvalue weighted by Crippen LogP contribution is -2.39. The average Bonchev–Trinajstić information content (AvgIpc) is 3.30. The first-order valence-corrected chi connectivity index (χ1v) is 11.6. The summed E-state index contributed by atoms with van der Waals surface area (Å²) >= 11 is 0. The topological polar surface area (TPSA) is 70.2 Å². The number of anilines is 2. The highest BCUT2D eigenvalue weighted by atomic mass is 19.1. The zero-order valence-electron chi connectivity index (χ0n) is 18.4. The van der Waals surface area contributed by atoms with Gasteiger partial charge < -0.3 is 10.2 Å². The zero-order chi connectivity index (χ0) is 22.8. The molecule has 172 valence electrons. The highest BCUT2D eigenvalue weighted by molar-refractivity contribution is 5.89. The van der Waals surface area contributed by atoms with Gasteiger partial charge in [0.1, 0.15) is 11.6 Å². The van der Waals surface area contributed by atoms with Gasteiger partial charge in [-0.15, -0.1) is 0 Å². The SMILES string of the molecule is O=C(Nc1ncc2ccc(N3CCCC3c3cc(F)ccc3F)cc2n1)NC1CCCCC1. The second-order valence-corrected chi connectivity index (χ2v) is 8.89. The van der Waals surface area contributed by atoms with E-state index in [1.807, 2.05) is 18.2 Å². The molecule has 2 N–H and O–H groups in total. The van der Waals surface area contributed by atoms with Crippen LogP contribution in [0.3, 0.4) is 0 Å². The summed E-state index contributed by atoms with van der Waals surface area (Å²) in [5.74, 6) is -0.597. The summed E-state index contributed by atoms with van der Waals surface area (Å²) in [5.41, 5.74) is 1.93. The fourth-order valence-electron chi connectivity index (χ4n) is 4.99. The fourth-order valence-corrected chi connectivity index (χ4v) is 4.99. The van der Waals surface area contributed by atoms with E-state index in [0.29, 0.717) is 11.1 Å². The minimum Gasteiger partial charge on any atom is -0.364 e. The number of fused-ring (bicyclic) bond motifs is 1. The Kier molecular flexibility index (Phi) is 6.07. The number of rotatable bonds is 4. The number of hydrogen-bond donors (Lipinski definition) is 2. The molecule has 1 aliphatic carbocycles. The molecule has 1 unspecified atom stereocenters. The van der Waals surface area contributed by atoms with Crippen molar-refractivity contribution in [1.29, 1.82) is 0 Å². The Balaban J connectivity index is 1.36. The molecule has 1 aliphatic heterocycles. The third kappa shape index (κ3) is 4.74. The Hall–Kier alpha value is -3.29. The number of amides is 2. The molecule has 2 aromatic carbocycles. The van der Waals surface area contributed by atoms with E-state index in [2.05, 4.69) is 25.5 Å². The smallest absolute Gasteiger partial charge is 0.321 e. The third-order valence-electron chi connectivity index (χ3n) is 6.63. The van der Waals surface area contributed by atoms with Crippen LogP contribution in [0.25, 0.3) is 10.9 Å². The van der Waals surface area contributed by atoms with Gasteiger partial charge in [0.25, 0.3) is 0 Å². The molecule has 2 heterocycles. The molecule has 1 aromatic heterocycles. The lowest BCUT2D eigenvalue weighted by molar-refractivity contribution is 0.244. The molecule has 6 nitrogen and oxygen atoms in total. The van der Waals surface area contributed by atoms with E-state index >= 15 is 0 Å². The van der Waals surface area contributed by atoms with Gasteiger partial charge in [0.2, 0.25) is 5.95 Å². The standard InChI is InChI=1S/C25H27F2N5O/c26-17-9-11-21(27)20(13-17)23-7-4-12-32(23)19-10-8-16-15-28-24(30-22(16)14-19)31-25(33)29-18-5-2-1-3-6-18/h8-11,13-15,18,23H,1-7,12H2,(H2,28,29,30,31,33). The van der Waals surface area contributed by atoms with Crippen molar-refractivity contribution in [2.75, 3.05) is 16.8 Å². The molecule has 2 aliphatic rings. The molecule has 2 amide bonds. The monoisotopic (exact) mass is 451 g/mol. The Morgan fingerprint density at radius 3 is 2.70 bits per heavy atom. The summed E-state index contributed by atoms with van der Waals surface area (Å²) in [5, 5.41) is 6.58. The second kappa shape index (κ2) is 9.29. The van der Waals surface area contributed by atoms with Crippen LogP contribution in [0, 0.1) is 11.6 Å². The normalized spacial score (nSPS) is 19.1. The number of benzene rings is 2. The van der Waals surface area contributed by atoms with Crippen LogP contribution in [0.4, 0.5) is 25.2 Å². The van der Waals surface area contributed by atoms with Crippen molar-refractivity contribution < 1.29 is 13.6 Å². The van der Waals surface area contributed by atoms with Gasteiger partial charge in [-0.3, -0.25) is 5.32 Å². The predicted octanol–water partition coefficient (Wildman–Crippen LogP) is 5.70. The molecule has 1 atom stereocenters. The van der Waals surface area contributed by atoms with E-state index < -0.39 is 11.6 Å². The molecule has 1 saturated carbocycles. The van der Waals surface area contributed by atoms with Crippen molar-refractivity contribution >= 4 is 28.6 Å². The van der Waals surface area contributed by atoms with Crippen LogP contribution in [0.2, 0.25) is 0 Å². The van der Waals surface area contributed by atoms with Crippen LogP contribution in [0.1, 0.15) is 56.6 Å². The minimum atomic E-state index is -0.438. The van der Waals surface area contributed by atoms with Crippen molar-refractivity contribution in [1.82, 2.24) is 15.3 Å². The van der Waals surface area contributed by atoms with E-state index in [1.165, 1.54) is 18.6 Å². The summed E-state index contributed by atoms with van der Waals surface area (Å²) in [6, 6.07) is 9.05. The van der Waals surface area contributed by atoms with E-state index in [9.17, 15) is 13.6 Å². The van der Waals surface area contributed by atoms with Crippen molar-refractivity contribution in [2.45, 2.75) is 57.0 Å². The maximum absolute atomic E-state index is 14.4. The predicted molar refractivity (Wildman–Crippen MR) is 124 cm³/mol. The van der Waals surface area contributed by atoms with Crippen LogP contribution < -0.4 is 15.5 Å². The highest BCUT2D eigenvalue weighted by Gasteiger charge is 2.29. The van der Waals surface area contributed by atoms with Gasteiger partial charge in [0.05, 0.1) is 11.6 Å². The Morgan fingerprint density at radius 2 is 1.85 bits per heavy atom. The first kappa shape index (κ1) is 21.6. The van der Waals surface area contributed by atoms with Crippen molar-refractivity contribution in [3.63, 3.8) is 0 Å². The van der Waals surface area contributed by atoms with Gasteiger partial charge in [-0.25, -0.2) is 23.5 Å². The van der Waals surface area contributed by atoms with Crippen LogP contribution in [0.15, 0.2) is 42.6 Å². The largest absolute Gasteiger partial charge is 0.364 e. The molecule has 0 bridgehead atoms. The summed E-state index contributed by atoms with van der Waals surface area (Å²) in [6.45, 7) is 0.742. The van der Waals surface area contributed by atoms with Crippen LogP contribution in [-0.4, -0.2) is 28.6 Å². The van der Waals surface area contributed by atoms with Crippen LogP contribution >= 0.6 is 0 Å². The number of hydrogen-bond acceptors (Lipinski definition) is 4. The molecule has 3 aromatic rings. The Labute approximate surface area is 191 Å². The summed E-state index contributed by atoms with van der Waals surface area (Å²) in [6.07, 6.45) is 8.80. The van der Waals surface area contributed by atoms with Gasteiger partial charge in [-0.2, -0.15) is 0 Å². The molecule has 2 fully saturated rings. The van der Waals surface area contributed by atoms with Crippen LogP contribution in [-0.2, 0) is 0 Å². The lowest BCUT2D eigenvalue weighted by Gasteiger charge is -2.27.